The van der Waals surface area contributed by atoms with Crippen LogP contribution in [-0.2, 0) is 17.6 Å². The van der Waals surface area contributed by atoms with Crippen LogP contribution in [0.25, 0.3) is 11.1 Å². The fourth-order valence-electron chi connectivity index (χ4n) is 3.32. The third-order valence-corrected chi connectivity index (χ3v) is 4.34. The number of anilines is 1. The van der Waals surface area contributed by atoms with Crippen molar-refractivity contribution in [2.24, 2.45) is 0 Å². The van der Waals surface area contributed by atoms with Crippen molar-refractivity contribution in [1.29, 1.82) is 0 Å². The summed E-state index contributed by atoms with van der Waals surface area (Å²) in [6.07, 6.45) is 0.507. The maximum atomic E-state index is 11.0. The molecule has 0 aromatic heterocycles. The second kappa shape index (κ2) is 10.8. The van der Waals surface area contributed by atoms with Gasteiger partial charge in [-0.25, -0.2) is 4.79 Å². The van der Waals surface area contributed by atoms with Gasteiger partial charge in [0.25, 0.3) is 0 Å². The molecule has 0 aliphatic rings. The van der Waals surface area contributed by atoms with E-state index in [4.69, 9.17) is 21.4 Å². The SMILES string of the molecule is CC(C)(C)OC(C)(C)C.CCc1cc(-c2ccc(Cl)cc2)cc(CC)c1NC(=O)O. The first-order valence-corrected chi connectivity index (χ1v) is 10.8. The van der Waals surface area contributed by atoms with Crippen LogP contribution in [0.15, 0.2) is 36.4 Å². The summed E-state index contributed by atoms with van der Waals surface area (Å²) in [5, 5.41) is 12.2. The van der Waals surface area contributed by atoms with Crippen LogP contribution in [-0.4, -0.2) is 22.4 Å². The van der Waals surface area contributed by atoms with Crippen LogP contribution in [0.2, 0.25) is 5.02 Å². The number of carbonyl (C=O) groups is 1. The van der Waals surface area contributed by atoms with E-state index in [9.17, 15) is 4.79 Å². The number of amides is 1. The molecule has 0 aliphatic carbocycles. The van der Waals surface area contributed by atoms with Gasteiger partial charge < -0.3 is 9.84 Å². The minimum Gasteiger partial charge on any atom is -0.465 e. The Balaban J connectivity index is 0.000000424. The van der Waals surface area contributed by atoms with Gasteiger partial charge in [0, 0.05) is 5.02 Å². The number of aryl methyl sites for hydroxylation is 2. The number of ether oxygens (including phenoxy) is 1. The van der Waals surface area contributed by atoms with Crippen LogP contribution >= 0.6 is 11.6 Å². The van der Waals surface area contributed by atoms with Crippen molar-refractivity contribution in [1.82, 2.24) is 0 Å². The molecular formula is C25H36ClNO3. The predicted octanol–water partition coefficient (Wildman–Crippen LogP) is 7.82. The van der Waals surface area contributed by atoms with E-state index in [1.807, 2.05) is 50.2 Å². The topological polar surface area (TPSA) is 58.6 Å². The van der Waals surface area contributed by atoms with Gasteiger partial charge in [-0.3, -0.25) is 5.32 Å². The van der Waals surface area contributed by atoms with Crippen molar-refractivity contribution in [3.8, 4) is 11.1 Å². The Bertz CT molecular complexity index is 794. The summed E-state index contributed by atoms with van der Waals surface area (Å²) in [5.41, 5.74) is 4.84. The predicted molar refractivity (Wildman–Crippen MR) is 128 cm³/mol. The van der Waals surface area contributed by atoms with E-state index >= 15 is 0 Å². The van der Waals surface area contributed by atoms with E-state index in [2.05, 4.69) is 46.9 Å². The largest absolute Gasteiger partial charge is 0.465 e. The van der Waals surface area contributed by atoms with Gasteiger partial charge in [0.15, 0.2) is 0 Å². The summed E-state index contributed by atoms with van der Waals surface area (Å²) < 4.78 is 5.62. The molecule has 0 bridgehead atoms. The van der Waals surface area contributed by atoms with Gasteiger partial charge in [-0.1, -0.05) is 37.6 Å². The van der Waals surface area contributed by atoms with Gasteiger partial charge in [-0.2, -0.15) is 0 Å². The summed E-state index contributed by atoms with van der Waals surface area (Å²) in [6.45, 7) is 16.4. The fourth-order valence-corrected chi connectivity index (χ4v) is 3.45. The first kappa shape index (κ1) is 26.0. The molecule has 0 radical (unpaired) electrons. The molecule has 4 nitrogen and oxygen atoms in total. The molecule has 0 unspecified atom stereocenters. The number of benzene rings is 2. The lowest BCUT2D eigenvalue weighted by atomic mass is 9.95. The maximum absolute atomic E-state index is 11.0. The van der Waals surface area contributed by atoms with Crippen LogP contribution in [0.5, 0.6) is 0 Å². The first-order chi connectivity index (χ1) is 13.8. The van der Waals surface area contributed by atoms with E-state index in [-0.39, 0.29) is 11.2 Å². The van der Waals surface area contributed by atoms with Crippen LogP contribution < -0.4 is 5.32 Å². The summed E-state index contributed by atoms with van der Waals surface area (Å²) in [7, 11) is 0. The Morgan fingerprint density at radius 2 is 1.33 bits per heavy atom. The monoisotopic (exact) mass is 433 g/mol. The van der Waals surface area contributed by atoms with E-state index < -0.39 is 6.09 Å². The van der Waals surface area contributed by atoms with Gasteiger partial charge in [-0.05, 0) is 101 Å². The molecule has 2 rings (SSSR count). The third-order valence-electron chi connectivity index (χ3n) is 4.09. The Hall–Kier alpha value is -2.04. The van der Waals surface area contributed by atoms with Crippen molar-refractivity contribution in [2.75, 3.05) is 5.32 Å². The molecule has 0 aliphatic heterocycles. The van der Waals surface area contributed by atoms with E-state index in [1.54, 1.807) is 0 Å². The minimum atomic E-state index is -1.03. The highest BCUT2D eigenvalue weighted by molar-refractivity contribution is 6.30. The first-order valence-electron chi connectivity index (χ1n) is 10.4. The van der Waals surface area contributed by atoms with Gasteiger partial charge in [-0.15, -0.1) is 0 Å². The molecule has 30 heavy (non-hydrogen) atoms. The number of rotatable bonds is 4. The van der Waals surface area contributed by atoms with Crippen molar-refractivity contribution < 1.29 is 14.6 Å². The van der Waals surface area contributed by atoms with Crippen LogP contribution in [0.3, 0.4) is 0 Å². The van der Waals surface area contributed by atoms with Crippen molar-refractivity contribution in [2.45, 2.75) is 79.4 Å². The molecule has 0 fully saturated rings. The summed E-state index contributed by atoms with van der Waals surface area (Å²) in [6, 6.07) is 11.7. The molecule has 0 spiro atoms. The summed E-state index contributed by atoms with van der Waals surface area (Å²) >= 11 is 5.92. The smallest absolute Gasteiger partial charge is 0.409 e. The number of nitrogens with one attached hydrogen (secondary N) is 1. The van der Waals surface area contributed by atoms with Gasteiger partial charge in [0.05, 0.1) is 16.9 Å². The maximum Gasteiger partial charge on any atom is 0.409 e. The molecule has 0 heterocycles. The number of hydrogen-bond donors (Lipinski definition) is 2. The third kappa shape index (κ3) is 9.19. The molecule has 0 atom stereocenters. The molecule has 166 valence electrons. The Morgan fingerprint density at radius 3 is 1.63 bits per heavy atom. The number of halogens is 1. The van der Waals surface area contributed by atoms with E-state index in [0.29, 0.717) is 10.7 Å². The average molecular weight is 434 g/mol. The molecule has 0 saturated carbocycles. The number of hydrogen-bond acceptors (Lipinski definition) is 2. The average Bonchev–Trinajstić information content (AvgIpc) is 2.59. The fraction of sp³-hybridized carbons (Fsp3) is 0.480. The zero-order valence-corrected chi connectivity index (χ0v) is 20.3. The molecular weight excluding hydrogens is 398 g/mol. The van der Waals surface area contributed by atoms with E-state index in [1.165, 1.54) is 0 Å². The summed E-state index contributed by atoms with van der Waals surface area (Å²) in [5.74, 6) is 0. The zero-order valence-electron chi connectivity index (χ0n) is 19.5. The highest BCUT2D eigenvalue weighted by Crippen LogP contribution is 2.31. The molecule has 5 heteroatoms. The van der Waals surface area contributed by atoms with Crippen LogP contribution in [0.4, 0.5) is 10.5 Å². The molecule has 2 aromatic carbocycles. The normalized spacial score (nSPS) is 11.5. The van der Waals surface area contributed by atoms with Crippen LogP contribution in [0.1, 0.15) is 66.5 Å². The van der Waals surface area contributed by atoms with Gasteiger partial charge in [0.1, 0.15) is 0 Å². The Morgan fingerprint density at radius 1 is 0.900 bits per heavy atom. The molecule has 0 saturated heterocycles. The second-order valence-electron chi connectivity index (χ2n) is 9.14. The minimum absolute atomic E-state index is 0.0156. The lowest BCUT2D eigenvalue weighted by molar-refractivity contribution is -0.102. The quantitative estimate of drug-likeness (QED) is 0.516. The van der Waals surface area contributed by atoms with Crippen LogP contribution in [0, 0.1) is 0 Å². The van der Waals surface area contributed by atoms with Crippen molar-refractivity contribution in [3.63, 3.8) is 0 Å². The lowest BCUT2D eigenvalue weighted by Crippen LogP contribution is -2.31. The standard InChI is InChI=1S/C17H18ClNO2.C8H18O/c1-3-11-9-14(13-5-7-15(18)8-6-13)10-12(4-2)16(11)19-17(20)21;1-7(2,3)9-8(4,5)6/h5-10,19H,3-4H2,1-2H3,(H,20,21);1-6H3. The lowest BCUT2D eigenvalue weighted by Gasteiger charge is -2.30. The Kier molecular flexibility index (Phi) is 9.38. The highest BCUT2D eigenvalue weighted by Gasteiger charge is 2.20. The number of carboxylic acid groups (broad SMARTS) is 1. The zero-order chi connectivity index (χ0) is 23.1. The van der Waals surface area contributed by atoms with Gasteiger partial charge in [0.2, 0.25) is 0 Å². The van der Waals surface area contributed by atoms with E-state index in [0.717, 1.165) is 35.1 Å². The van der Waals surface area contributed by atoms with Crippen molar-refractivity contribution in [3.05, 3.63) is 52.5 Å². The second-order valence-corrected chi connectivity index (χ2v) is 9.58. The molecule has 2 N–H and O–H groups in total. The highest BCUT2D eigenvalue weighted by atomic mass is 35.5. The molecule has 1 amide bonds. The summed E-state index contributed by atoms with van der Waals surface area (Å²) in [4.78, 5) is 11.0. The van der Waals surface area contributed by atoms with Crippen molar-refractivity contribution >= 4 is 23.4 Å². The molecule has 2 aromatic rings. The Labute approximate surface area is 186 Å². The van der Waals surface area contributed by atoms with Gasteiger partial charge >= 0.3 is 6.09 Å².